The van der Waals surface area contributed by atoms with Crippen LogP contribution < -0.4 is 5.73 Å². The highest BCUT2D eigenvalue weighted by Gasteiger charge is 2.18. The monoisotopic (exact) mass is 623 g/mol. The van der Waals surface area contributed by atoms with Crippen LogP contribution in [0.5, 0.6) is 0 Å². The average Bonchev–Trinajstić information content (AvgIpc) is 2.97. The van der Waals surface area contributed by atoms with Crippen LogP contribution in [0, 0.1) is 0 Å². The number of ether oxygens (including phenoxy) is 2. The average molecular weight is 624 g/mol. The molecule has 0 fully saturated rings. The highest BCUT2D eigenvalue weighted by Crippen LogP contribution is 2.15. The second-order valence-electron chi connectivity index (χ2n) is 11.2. The fraction of sp³-hybridized carbons (Fsp3) is 0.743. The summed E-state index contributed by atoms with van der Waals surface area (Å²) in [6.07, 6.45) is 27.6. The lowest BCUT2D eigenvalue weighted by molar-refractivity contribution is 0.0450. The zero-order valence-electron chi connectivity index (χ0n) is 26.8. The molecule has 1 aromatic carbocycles. The van der Waals surface area contributed by atoms with Gasteiger partial charge in [0.1, 0.15) is 4.32 Å². The maximum Gasteiger partial charge on any atom is 0.339 e. The lowest BCUT2D eigenvalue weighted by Gasteiger charge is -2.10. The van der Waals surface area contributed by atoms with Gasteiger partial charge in [0, 0.05) is 0 Å². The topological polar surface area (TPSA) is 78.6 Å². The van der Waals surface area contributed by atoms with Crippen LogP contribution in [0.1, 0.15) is 176 Å². The Bertz CT molecular complexity index is 740. The van der Waals surface area contributed by atoms with Gasteiger partial charge in [-0.15, -0.1) is 12.6 Å². The molecule has 42 heavy (non-hydrogen) atoms. The number of thiocarbonyl (C=S) groups is 1. The van der Waals surface area contributed by atoms with Crippen molar-refractivity contribution < 1.29 is 19.1 Å². The lowest BCUT2D eigenvalue weighted by Crippen LogP contribution is -2.15. The van der Waals surface area contributed by atoms with Crippen molar-refractivity contribution in [2.45, 2.75) is 155 Å². The third-order valence-electron chi connectivity index (χ3n) is 7.33. The molecule has 0 aliphatic heterocycles. The van der Waals surface area contributed by atoms with Gasteiger partial charge in [0.05, 0.1) is 24.3 Å². The molecule has 0 spiro atoms. The number of unbranched alkanes of at least 4 members (excludes halogenated alkanes) is 20. The van der Waals surface area contributed by atoms with E-state index in [1.165, 1.54) is 116 Å². The molecule has 0 saturated carbocycles. The van der Waals surface area contributed by atoms with Crippen molar-refractivity contribution in [3.05, 3.63) is 35.4 Å². The molecule has 0 unspecified atom stereocenters. The van der Waals surface area contributed by atoms with Gasteiger partial charge in [-0.25, -0.2) is 9.59 Å². The molecule has 0 aliphatic rings. The van der Waals surface area contributed by atoms with E-state index in [2.05, 4.69) is 38.7 Å². The fourth-order valence-corrected chi connectivity index (χ4v) is 4.86. The molecule has 2 N–H and O–H groups in total. The highest BCUT2D eigenvalue weighted by atomic mass is 32.1. The van der Waals surface area contributed by atoms with Gasteiger partial charge in [-0.1, -0.05) is 167 Å². The van der Waals surface area contributed by atoms with Gasteiger partial charge in [-0.3, -0.25) is 0 Å². The van der Waals surface area contributed by atoms with Crippen molar-refractivity contribution in [1.82, 2.24) is 0 Å². The van der Waals surface area contributed by atoms with Gasteiger partial charge in [0.25, 0.3) is 0 Å². The number of carbonyl (C=O) groups is 2. The fourth-order valence-electron chi connectivity index (χ4n) is 4.86. The molecule has 7 heteroatoms. The summed E-state index contributed by atoms with van der Waals surface area (Å²) in [7, 11) is 0. The van der Waals surface area contributed by atoms with E-state index in [1.807, 2.05) is 0 Å². The molecule has 0 saturated heterocycles. The van der Waals surface area contributed by atoms with E-state index in [1.54, 1.807) is 24.3 Å². The number of nitrogens with two attached hydrogens (primary N) is 1. The molecule has 0 amide bonds. The molecule has 1 rings (SSSR count). The first-order valence-electron chi connectivity index (χ1n) is 16.9. The van der Waals surface area contributed by atoms with Crippen molar-refractivity contribution in [3.63, 3.8) is 0 Å². The highest BCUT2D eigenvalue weighted by molar-refractivity contribution is 8.10. The number of thiol groups is 1. The Morgan fingerprint density at radius 1 is 0.571 bits per heavy atom. The summed E-state index contributed by atoms with van der Waals surface area (Å²) in [5.74, 6) is -0.862. The van der Waals surface area contributed by atoms with Crippen LogP contribution >= 0.6 is 24.8 Å². The van der Waals surface area contributed by atoms with E-state index in [4.69, 9.17) is 15.2 Å². The van der Waals surface area contributed by atoms with Gasteiger partial charge in [0.15, 0.2) is 0 Å². The predicted molar refractivity (Wildman–Crippen MR) is 186 cm³/mol. The summed E-state index contributed by atoms with van der Waals surface area (Å²) >= 11 is 7.65. The van der Waals surface area contributed by atoms with E-state index < -0.39 is 11.9 Å². The van der Waals surface area contributed by atoms with Crippen LogP contribution in [0.25, 0.3) is 0 Å². The first kappa shape index (κ1) is 40.4. The van der Waals surface area contributed by atoms with E-state index >= 15 is 0 Å². The van der Waals surface area contributed by atoms with Crippen molar-refractivity contribution in [1.29, 1.82) is 0 Å². The van der Waals surface area contributed by atoms with Crippen LogP contribution in [0.4, 0.5) is 0 Å². The molecule has 0 aromatic heterocycles. The molecule has 0 atom stereocenters. The third-order valence-corrected chi connectivity index (χ3v) is 7.33. The largest absolute Gasteiger partial charge is 0.462 e. The normalized spacial score (nSPS) is 10.5. The Balaban J connectivity index is 0.00000393. The van der Waals surface area contributed by atoms with Gasteiger partial charge in [-0.2, -0.15) is 0 Å². The van der Waals surface area contributed by atoms with Crippen LogP contribution in [0.3, 0.4) is 0 Å². The molecule has 0 radical (unpaired) electrons. The number of carbonyl (C=O) groups excluding carboxylic acids is 2. The van der Waals surface area contributed by atoms with Crippen LogP contribution in [0.2, 0.25) is 0 Å². The number of hydrogen-bond acceptors (Lipinski definition) is 5. The van der Waals surface area contributed by atoms with Crippen LogP contribution in [-0.4, -0.2) is 29.5 Å². The summed E-state index contributed by atoms with van der Waals surface area (Å²) in [5.41, 5.74) is 5.32. The molecule has 242 valence electrons. The number of benzene rings is 1. The van der Waals surface area contributed by atoms with E-state index in [0.29, 0.717) is 24.3 Å². The minimum absolute atomic E-state index is 0.194. The molecular weight excluding hydrogens is 563 g/mol. The summed E-state index contributed by atoms with van der Waals surface area (Å²) < 4.78 is 11.1. The zero-order chi connectivity index (χ0) is 31.1. The Kier molecular flexibility index (Phi) is 29.7. The maximum absolute atomic E-state index is 12.6. The molecule has 0 bridgehead atoms. The molecular formula is C35H61NO4S2. The number of hydrogen-bond donors (Lipinski definition) is 2. The SMILES string of the molecule is CCCCCCCCCCCCCOC(=O)c1ccccc1C(=O)OCCCCCCCCCCCCC.NC(=S)S. The summed E-state index contributed by atoms with van der Waals surface area (Å²) in [4.78, 5) is 25.2. The van der Waals surface area contributed by atoms with Gasteiger partial charge in [-0.05, 0) is 25.0 Å². The Morgan fingerprint density at radius 2 is 0.810 bits per heavy atom. The minimum Gasteiger partial charge on any atom is -0.462 e. The minimum atomic E-state index is -0.431. The zero-order valence-corrected chi connectivity index (χ0v) is 28.6. The Morgan fingerprint density at radius 3 is 1.07 bits per heavy atom. The van der Waals surface area contributed by atoms with Gasteiger partial charge >= 0.3 is 11.9 Å². The third kappa shape index (κ3) is 26.1. The van der Waals surface area contributed by atoms with Crippen molar-refractivity contribution in [3.8, 4) is 0 Å². The van der Waals surface area contributed by atoms with Crippen molar-refractivity contribution in [2.24, 2.45) is 5.73 Å². The Labute approximate surface area is 268 Å². The standard InChI is InChI=1S/C34H58O4.CH3NS2/c1-3-5-7-9-11-13-15-17-19-21-25-29-37-33(35)31-27-23-24-28-32(31)34(36)38-30-26-22-20-18-16-14-12-10-8-6-4-2;2-1(3)4/h23-24,27-28H,3-22,25-26,29-30H2,1-2H3;(H3,2,3,4). The van der Waals surface area contributed by atoms with Gasteiger partial charge < -0.3 is 15.2 Å². The number of esters is 2. The summed E-state index contributed by atoms with van der Waals surface area (Å²) in [5, 5.41) is 0. The number of rotatable bonds is 26. The quantitative estimate of drug-likeness (QED) is 0.0462. The lowest BCUT2D eigenvalue weighted by atomic mass is 10.1. The molecule has 1 aromatic rings. The van der Waals surface area contributed by atoms with Crippen molar-refractivity contribution >= 4 is 41.1 Å². The molecule has 5 nitrogen and oxygen atoms in total. The van der Waals surface area contributed by atoms with Crippen molar-refractivity contribution in [2.75, 3.05) is 13.2 Å². The summed E-state index contributed by atoms with van der Waals surface area (Å²) in [6.45, 7) is 5.31. The second-order valence-corrected chi connectivity index (χ2v) is 12.5. The Hall–Kier alpha value is -1.60. The van der Waals surface area contributed by atoms with E-state index in [0.717, 1.165) is 25.7 Å². The van der Waals surface area contributed by atoms with Gasteiger partial charge in [0.2, 0.25) is 0 Å². The summed E-state index contributed by atoms with van der Waals surface area (Å²) in [6, 6.07) is 6.84. The van der Waals surface area contributed by atoms with E-state index in [-0.39, 0.29) is 4.32 Å². The first-order chi connectivity index (χ1) is 20.4. The van der Waals surface area contributed by atoms with Crippen LogP contribution in [0.15, 0.2) is 24.3 Å². The van der Waals surface area contributed by atoms with E-state index in [9.17, 15) is 9.59 Å². The van der Waals surface area contributed by atoms with Crippen LogP contribution in [-0.2, 0) is 9.47 Å². The first-order valence-corrected chi connectivity index (χ1v) is 17.7. The second kappa shape index (κ2) is 30.8. The molecule has 0 heterocycles. The predicted octanol–water partition coefficient (Wildman–Crippen LogP) is 10.8. The molecule has 0 aliphatic carbocycles. The smallest absolute Gasteiger partial charge is 0.339 e. The maximum atomic E-state index is 12.6.